The fourth-order valence-electron chi connectivity index (χ4n) is 2.86. The predicted octanol–water partition coefficient (Wildman–Crippen LogP) is 3.34. The van der Waals surface area contributed by atoms with Gasteiger partial charge in [0.05, 0.1) is 0 Å². The van der Waals surface area contributed by atoms with Gasteiger partial charge in [0, 0.05) is 19.1 Å². The van der Waals surface area contributed by atoms with E-state index in [1.165, 1.54) is 12.8 Å². The number of nitrogens with one attached hydrogen (secondary N) is 1. The molecule has 1 fully saturated rings. The molecule has 0 aliphatic carbocycles. The average molecular weight is 278 g/mol. The quantitative estimate of drug-likeness (QED) is 0.888. The third kappa shape index (κ3) is 4.57. The molecule has 3 heteroatoms. The Morgan fingerprint density at radius 1 is 1.40 bits per heavy atom. The van der Waals surface area contributed by atoms with Crippen LogP contribution in [0.1, 0.15) is 37.8 Å². The number of hydrogen-bond donors (Lipinski definition) is 1. The van der Waals surface area contributed by atoms with Crippen molar-refractivity contribution in [2.75, 3.05) is 19.6 Å². The fraction of sp³-hybridized carbons (Fsp3) is 0.647. The number of nitrogens with zero attached hydrogens (tertiary/aromatic N) is 1. The Morgan fingerprint density at radius 3 is 2.90 bits per heavy atom. The molecule has 1 aromatic rings. The highest BCUT2D eigenvalue weighted by Crippen LogP contribution is 2.19. The zero-order valence-electron chi connectivity index (χ0n) is 13.0. The van der Waals surface area contributed by atoms with E-state index in [0.717, 1.165) is 43.2 Å². The lowest BCUT2D eigenvalue weighted by Crippen LogP contribution is -2.40. The van der Waals surface area contributed by atoms with E-state index in [-0.39, 0.29) is 5.82 Å². The Balaban J connectivity index is 1.87. The van der Waals surface area contributed by atoms with Gasteiger partial charge in [-0.2, -0.15) is 0 Å². The van der Waals surface area contributed by atoms with Gasteiger partial charge in [0.2, 0.25) is 0 Å². The highest BCUT2D eigenvalue weighted by atomic mass is 19.1. The van der Waals surface area contributed by atoms with Gasteiger partial charge in [0.15, 0.2) is 0 Å². The van der Waals surface area contributed by atoms with Crippen molar-refractivity contribution < 1.29 is 4.39 Å². The van der Waals surface area contributed by atoms with Crippen LogP contribution in [0.15, 0.2) is 18.2 Å². The number of halogens is 1. The smallest absolute Gasteiger partial charge is 0.126 e. The molecule has 0 aromatic heterocycles. The summed E-state index contributed by atoms with van der Waals surface area (Å²) in [5.74, 6) is 0.638. The third-order valence-corrected chi connectivity index (χ3v) is 4.06. The molecule has 0 amide bonds. The van der Waals surface area contributed by atoms with Gasteiger partial charge in [0.1, 0.15) is 5.82 Å². The van der Waals surface area contributed by atoms with Crippen molar-refractivity contribution in [3.8, 4) is 0 Å². The Hall–Kier alpha value is -0.930. The highest BCUT2D eigenvalue weighted by Gasteiger charge is 2.20. The Morgan fingerprint density at radius 2 is 2.20 bits per heavy atom. The molecule has 0 bridgehead atoms. The molecule has 20 heavy (non-hydrogen) atoms. The van der Waals surface area contributed by atoms with Crippen molar-refractivity contribution in [1.82, 2.24) is 10.2 Å². The fourth-order valence-corrected chi connectivity index (χ4v) is 2.86. The summed E-state index contributed by atoms with van der Waals surface area (Å²) in [4.78, 5) is 2.46. The highest BCUT2D eigenvalue weighted by molar-refractivity contribution is 5.23. The standard InChI is InChI=1S/C17H27FN2/c1-13(2)19-10-16-5-4-8-20(12-16)11-15-7-6-14(3)17(18)9-15/h6-7,9,13,16,19H,4-5,8,10-12H2,1-3H3. The number of piperidine rings is 1. The largest absolute Gasteiger partial charge is 0.314 e. The molecule has 1 aliphatic heterocycles. The predicted molar refractivity (Wildman–Crippen MR) is 82.3 cm³/mol. The molecule has 1 saturated heterocycles. The van der Waals surface area contributed by atoms with Crippen molar-refractivity contribution in [3.05, 3.63) is 35.1 Å². The van der Waals surface area contributed by atoms with Crippen molar-refractivity contribution in [1.29, 1.82) is 0 Å². The maximum absolute atomic E-state index is 13.6. The molecule has 0 radical (unpaired) electrons. The zero-order chi connectivity index (χ0) is 14.5. The first-order valence-electron chi connectivity index (χ1n) is 7.75. The molecule has 1 heterocycles. The topological polar surface area (TPSA) is 15.3 Å². The summed E-state index contributed by atoms with van der Waals surface area (Å²) in [6, 6.07) is 6.17. The van der Waals surface area contributed by atoms with Crippen LogP contribution in [0.4, 0.5) is 4.39 Å². The molecule has 0 saturated carbocycles. The number of hydrogen-bond acceptors (Lipinski definition) is 2. The maximum atomic E-state index is 13.6. The van der Waals surface area contributed by atoms with E-state index < -0.39 is 0 Å². The summed E-state index contributed by atoms with van der Waals surface area (Å²) < 4.78 is 13.6. The lowest BCUT2D eigenvalue weighted by molar-refractivity contribution is 0.164. The minimum atomic E-state index is -0.0856. The summed E-state index contributed by atoms with van der Waals surface area (Å²) in [6.45, 7) is 10.4. The van der Waals surface area contributed by atoms with Gasteiger partial charge < -0.3 is 5.32 Å². The Kier molecular flexibility index (Phi) is 5.55. The van der Waals surface area contributed by atoms with Crippen molar-refractivity contribution in [3.63, 3.8) is 0 Å². The second-order valence-electron chi connectivity index (χ2n) is 6.39. The van der Waals surface area contributed by atoms with Gasteiger partial charge in [-0.15, -0.1) is 0 Å². The minimum absolute atomic E-state index is 0.0856. The summed E-state index contributed by atoms with van der Waals surface area (Å²) in [5, 5.41) is 3.53. The molecule has 1 N–H and O–H groups in total. The molecule has 1 atom stereocenters. The summed E-state index contributed by atoms with van der Waals surface area (Å²) in [5.41, 5.74) is 1.82. The van der Waals surface area contributed by atoms with Crippen LogP contribution in [-0.4, -0.2) is 30.6 Å². The molecule has 1 aromatic carbocycles. The maximum Gasteiger partial charge on any atom is 0.126 e. The molecular weight excluding hydrogens is 251 g/mol. The van der Waals surface area contributed by atoms with Crippen molar-refractivity contribution in [2.24, 2.45) is 5.92 Å². The van der Waals surface area contributed by atoms with Gasteiger partial charge in [-0.1, -0.05) is 26.0 Å². The monoisotopic (exact) mass is 278 g/mol. The Labute approximate surface area is 122 Å². The van der Waals surface area contributed by atoms with E-state index in [0.29, 0.717) is 6.04 Å². The summed E-state index contributed by atoms with van der Waals surface area (Å²) >= 11 is 0. The van der Waals surface area contributed by atoms with Gasteiger partial charge in [-0.25, -0.2) is 4.39 Å². The number of likely N-dealkylation sites (tertiary alicyclic amines) is 1. The molecule has 0 spiro atoms. The first kappa shape index (κ1) is 15.5. The van der Waals surface area contributed by atoms with E-state index in [4.69, 9.17) is 0 Å². The van der Waals surface area contributed by atoms with Crippen LogP contribution >= 0.6 is 0 Å². The van der Waals surface area contributed by atoms with E-state index in [1.807, 2.05) is 19.1 Å². The second kappa shape index (κ2) is 7.19. The van der Waals surface area contributed by atoms with Crippen LogP contribution in [0.5, 0.6) is 0 Å². The van der Waals surface area contributed by atoms with Crippen molar-refractivity contribution >= 4 is 0 Å². The molecule has 1 aliphatic rings. The number of rotatable bonds is 5. The van der Waals surface area contributed by atoms with E-state index >= 15 is 0 Å². The first-order valence-corrected chi connectivity index (χ1v) is 7.75. The first-order chi connectivity index (χ1) is 9.54. The van der Waals surface area contributed by atoms with Crippen LogP contribution in [-0.2, 0) is 6.54 Å². The molecule has 112 valence electrons. The molecule has 2 rings (SSSR count). The van der Waals surface area contributed by atoms with Crippen LogP contribution in [0, 0.1) is 18.7 Å². The zero-order valence-corrected chi connectivity index (χ0v) is 13.0. The second-order valence-corrected chi connectivity index (χ2v) is 6.39. The lowest BCUT2D eigenvalue weighted by Gasteiger charge is -2.33. The van der Waals surface area contributed by atoms with Crippen LogP contribution in [0.3, 0.4) is 0 Å². The SMILES string of the molecule is Cc1ccc(CN2CCCC(CNC(C)C)C2)cc1F. The normalized spacial score (nSPS) is 20.6. The third-order valence-electron chi connectivity index (χ3n) is 4.06. The van der Waals surface area contributed by atoms with Crippen LogP contribution in [0.2, 0.25) is 0 Å². The number of aryl methyl sites for hydroxylation is 1. The van der Waals surface area contributed by atoms with Gasteiger partial charge in [0.25, 0.3) is 0 Å². The van der Waals surface area contributed by atoms with Gasteiger partial charge in [-0.05, 0) is 56.0 Å². The Bertz CT molecular complexity index is 431. The summed E-state index contributed by atoms with van der Waals surface area (Å²) in [6.07, 6.45) is 2.55. The van der Waals surface area contributed by atoms with E-state index in [1.54, 1.807) is 6.07 Å². The molecule has 1 unspecified atom stereocenters. The van der Waals surface area contributed by atoms with E-state index in [2.05, 4.69) is 24.1 Å². The minimum Gasteiger partial charge on any atom is -0.314 e. The molecular formula is C17H27FN2. The van der Waals surface area contributed by atoms with Gasteiger partial charge in [-0.3, -0.25) is 4.90 Å². The molecule has 2 nitrogen and oxygen atoms in total. The van der Waals surface area contributed by atoms with Crippen LogP contribution < -0.4 is 5.32 Å². The van der Waals surface area contributed by atoms with Crippen molar-refractivity contribution in [2.45, 2.75) is 46.2 Å². The number of benzene rings is 1. The van der Waals surface area contributed by atoms with Gasteiger partial charge >= 0.3 is 0 Å². The van der Waals surface area contributed by atoms with Crippen LogP contribution in [0.25, 0.3) is 0 Å². The summed E-state index contributed by atoms with van der Waals surface area (Å²) in [7, 11) is 0. The average Bonchev–Trinajstić information content (AvgIpc) is 2.41. The van der Waals surface area contributed by atoms with E-state index in [9.17, 15) is 4.39 Å². The lowest BCUT2D eigenvalue weighted by atomic mass is 9.97.